The minimum Gasteiger partial charge on any atom is -0.375 e. The highest BCUT2D eigenvalue weighted by Crippen LogP contribution is 2.24. The molecule has 170 valence electrons. The number of rotatable bonds is 10. The summed E-state index contributed by atoms with van der Waals surface area (Å²) < 4.78 is 6.89. The number of nitrogens with one attached hydrogen (secondary N) is 2. The monoisotopic (exact) mass is 462 g/mol. The average Bonchev–Trinajstić information content (AvgIpc) is 3.48. The van der Waals surface area contributed by atoms with Crippen molar-refractivity contribution in [3.05, 3.63) is 82.3 Å². The number of hydrogen-bond acceptors (Lipinski definition) is 5. The molecule has 0 unspecified atom stereocenters. The van der Waals surface area contributed by atoms with Gasteiger partial charge in [-0.25, -0.2) is 4.98 Å². The van der Waals surface area contributed by atoms with Gasteiger partial charge in [0, 0.05) is 30.8 Å². The van der Waals surface area contributed by atoms with Crippen molar-refractivity contribution in [3.63, 3.8) is 0 Å². The van der Waals surface area contributed by atoms with E-state index in [1.54, 1.807) is 29.8 Å². The first-order chi connectivity index (χ1) is 16.1. The molecule has 0 fully saturated rings. The third-order valence-electron chi connectivity index (χ3n) is 5.24. The summed E-state index contributed by atoms with van der Waals surface area (Å²) in [6.45, 7) is 1.15. The number of methoxy groups -OCH3 is 1. The first-order valence-corrected chi connectivity index (χ1v) is 11.6. The molecule has 0 aliphatic rings. The van der Waals surface area contributed by atoms with Crippen molar-refractivity contribution in [3.8, 4) is 0 Å². The summed E-state index contributed by atoms with van der Waals surface area (Å²) in [4.78, 5) is 31.0. The zero-order chi connectivity index (χ0) is 23.0. The number of benzene rings is 2. The van der Waals surface area contributed by atoms with Gasteiger partial charge in [-0.1, -0.05) is 36.4 Å². The molecule has 0 saturated heterocycles. The number of anilines is 1. The van der Waals surface area contributed by atoms with E-state index in [1.807, 2.05) is 34.2 Å². The van der Waals surface area contributed by atoms with Crippen LogP contribution in [-0.4, -0.2) is 41.6 Å². The van der Waals surface area contributed by atoms with Gasteiger partial charge in [-0.3, -0.25) is 9.59 Å². The van der Waals surface area contributed by atoms with Gasteiger partial charge in [-0.05, 0) is 42.0 Å². The number of amides is 2. The van der Waals surface area contributed by atoms with E-state index in [0.717, 1.165) is 18.4 Å². The molecule has 0 radical (unpaired) electrons. The number of aryl methyl sites for hydroxylation is 2. The summed E-state index contributed by atoms with van der Waals surface area (Å²) in [6.07, 6.45) is 3.33. The second-order valence-electron chi connectivity index (χ2n) is 7.63. The van der Waals surface area contributed by atoms with Crippen molar-refractivity contribution in [2.75, 3.05) is 25.6 Å². The van der Waals surface area contributed by atoms with Crippen LogP contribution < -0.4 is 10.6 Å². The zero-order valence-electron chi connectivity index (χ0n) is 18.4. The lowest BCUT2D eigenvalue weighted by molar-refractivity contribution is -0.119. The lowest BCUT2D eigenvalue weighted by Gasteiger charge is -2.12. The zero-order valence-corrected chi connectivity index (χ0v) is 19.2. The maximum absolute atomic E-state index is 13.2. The van der Waals surface area contributed by atoms with Gasteiger partial charge in [0.05, 0.1) is 22.9 Å². The van der Waals surface area contributed by atoms with E-state index in [9.17, 15) is 9.59 Å². The molecule has 0 aliphatic carbocycles. The molecule has 4 aromatic rings. The lowest BCUT2D eigenvalue weighted by Crippen LogP contribution is -2.26. The molecular weight excluding hydrogens is 436 g/mol. The normalized spacial score (nSPS) is 10.9. The molecule has 2 heterocycles. The maximum atomic E-state index is 13.2. The Labute approximate surface area is 196 Å². The molecule has 0 spiro atoms. The van der Waals surface area contributed by atoms with E-state index in [-0.39, 0.29) is 18.4 Å². The third kappa shape index (κ3) is 5.85. The molecule has 0 atom stereocenters. The molecule has 0 bridgehead atoms. The Balaban J connectivity index is 1.59. The average molecular weight is 463 g/mol. The number of aromatic nitrogens is 2. The second-order valence-corrected chi connectivity index (χ2v) is 8.66. The Morgan fingerprint density at radius 2 is 1.94 bits per heavy atom. The van der Waals surface area contributed by atoms with Crippen LogP contribution in [0.5, 0.6) is 0 Å². The van der Waals surface area contributed by atoms with Crippen molar-refractivity contribution in [2.24, 2.45) is 0 Å². The Hall–Kier alpha value is -3.49. The van der Waals surface area contributed by atoms with Crippen molar-refractivity contribution >= 4 is 39.9 Å². The summed E-state index contributed by atoms with van der Waals surface area (Å²) >= 11 is 1.67. The van der Waals surface area contributed by atoms with E-state index in [0.29, 0.717) is 29.9 Å². The number of ether oxygens (including phenoxy) is 1. The topological polar surface area (TPSA) is 85.2 Å². The largest absolute Gasteiger partial charge is 0.375 e. The standard InChI is InChI=1S/C25H26N4O3S/c1-32-16-23(30)28-19-14-21(25(31)26-11-9-20-8-5-13-33-20)24-22(15-19)27-17-29(24)12-10-18-6-3-2-4-7-18/h2-8,13-15,17H,9-12,16H2,1H3,(H,26,31)(H,28,30). The minimum absolute atomic E-state index is 0.0636. The number of nitrogens with zero attached hydrogens (tertiary/aromatic N) is 2. The van der Waals surface area contributed by atoms with Crippen molar-refractivity contribution in [2.45, 2.75) is 19.4 Å². The number of hydrogen-bond donors (Lipinski definition) is 2. The summed E-state index contributed by atoms with van der Waals surface area (Å²) in [6, 6.07) is 17.7. The quantitative estimate of drug-likeness (QED) is 0.374. The van der Waals surface area contributed by atoms with Gasteiger partial charge in [-0.2, -0.15) is 0 Å². The predicted octanol–water partition coefficient (Wildman–Crippen LogP) is 3.90. The van der Waals surface area contributed by atoms with E-state index in [4.69, 9.17) is 4.74 Å². The second kappa shape index (κ2) is 10.9. The van der Waals surface area contributed by atoms with Gasteiger partial charge in [0.1, 0.15) is 6.61 Å². The van der Waals surface area contributed by atoms with Gasteiger partial charge in [0.25, 0.3) is 5.91 Å². The SMILES string of the molecule is COCC(=O)Nc1cc(C(=O)NCCc2cccs2)c2c(c1)ncn2CCc1ccccc1. The molecule has 2 amide bonds. The maximum Gasteiger partial charge on any atom is 0.253 e. The first-order valence-electron chi connectivity index (χ1n) is 10.8. The van der Waals surface area contributed by atoms with E-state index in [2.05, 4.69) is 33.8 Å². The van der Waals surface area contributed by atoms with Crippen LogP contribution in [0.25, 0.3) is 11.0 Å². The molecule has 0 aliphatic heterocycles. The van der Waals surface area contributed by atoms with Crippen molar-refractivity contribution in [1.29, 1.82) is 0 Å². The van der Waals surface area contributed by atoms with Crippen LogP contribution in [0.4, 0.5) is 5.69 Å². The Bertz CT molecular complexity index is 1220. The highest BCUT2D eigenvalue weighted by molar-refractivity contribution is 7.09. The number of thiophene rings is 1. The van der Waals surface area contributed by atoms with Crippen LogP contribution in [0.1, 0.15) is 20.8 Å². The summed E-state index contributed by atoms with van der Waals surface area (Å²) in [5.74, 6) is -0.481. The van der Waals surface area contributed by atoms with Gasteiger partial charge in [0.2, 0.25) is 5.91 Å². The van der Waals surface area contributed by atoms with Gasteiger partial charge >= 0.3 is 0 Å². The molecule has 2 N–H and O–H groups in total. The van der Waals surface area contributed by atoms with E-state index >= 15 is 0 Å². The van der Waals surface area contributed by atoms with Gasteiger partial charge in [-0.15, -0.1) is 11.3 Å². The molecular formula is C25H26N4O3S. The number of imidazole rings is 1. The summed E-state index contributed by atoms with van der Waals surface area (Å²) in [5.41, 5.74) is 3.62. The molecule has 8 heteroatoms. The number of fused-ring (bicyclic) bond motifs is 1. The molecule has 7 nitrogen and oxygen atoms in total. The van der Waals surface area contributed by atoms with Crippen LogP contribution in [-0.2, 0) is 28.9 Å². The van der Waals surface area contributed by atoms with Crippen LogP contribution in [0.2, 0.25) is 0 Å². The molecule has 2 aromatic heterocycles. The Kier molecular flexibility index (Phi) is 7.49. The van der Waals surface area contributed by atoms with E-state index < -0.39 is 0 Å². The fourth-order valence-corrected chi connectivity index (χ4v) is 4.40. The van der Waals surface area contributed by atoms with Gasteiger partial charge < -0.3 is 19.9 Å². The fraction of sp³-hybridized carbons (Fsp3) is 0.240. The van der Waals surface area contributed by atoms with Crippen LogP contribution >= 0.6 is 11.3 Å². The molecule has 4 rings (SSSR count). The summed E-state index contributed by atoms with van der Waals surface area (Å²) in [5, 5.41) is 7.83. The Morgan fingerprint density at radius 3 is 2.70 bits per heavy atom. The van der Waals surface area contributed by atoms with Crippen molar-refractivity contribution < 1.29 is 14.3 Å². The molecule has 33 heavy (non-hydrogen) atoms. The van der Waals surface area contributed by atoms with Crippen molar-refractivity contribution in [1.82, 2.24) is 14.9 Å². The summed E-state index contributed by atoms with van der Waals surface area (Å²) in [7, 11) is 1.46. The van der Waals surface area contributed by atoms with Gasteiger partial charge in [0.15, 0.2) is 0 Å². The third-order valence-corrected chi connectivity index (χ3v) is 6.17. The highest BCUT2D eigenvalue weighted by atomic mass is 32.1. The van der Waals surface area contributed by atoms with E-state index in [1.165, 1.54) is 17.6 Å². The van der Waals surface area contributed by atoms with Crippen LogP contribution in [0, 0.1) is 0 Å². The molecule has 0 saturated carbocycles. The minimum atomic E-state index is -0.288. The predicted molar refractivity (Wildman–Crippen MR) is 131 cm³/mol. The van der Waals surface area contributed by atoms with Crippen LogP contribution in [0.3, 0.4) is 0 Å². The lowest BCUT2D eigenvalue weighted by atomic mass is 10.1. The Morgan fingerprint density at radius 1 is 1.09 bits per heavy atom. The highest BCUT2D eigenvalue weighted by Gasteiger charge is 2.17. The fourth-order valence-electron chi connectivity index (χ4n) is 3.70. The molecule has 2 aromatic carbocycles. The first kappa shape index (κ1) is 22.7. The number of carbonyl (C=O) groups excluding carboxylic acids is 2. The smallest absolute Gasteiger partial charge is 0.253 e. The van der Waals surface area contributed by atoms with Crippen LogP contribution in [0.15, 0.2) is 66.3 Å². The number of carbonyl (C=O) groups is 2.